The number of piperidine rings is 1. The molecule has 4 aromatic rings. The fraction of sp³-hybridized carbons (Fsp3) is 0.346. The van der Waals surface area contributed by atoms with Gasteiger partial charge in [-0.15, -0.1) is 0 Å². The average molecular weight is 426 g/mol. The molecule has 32 heavy (non-hydrogen) atoms. The molecule has 1 N–H and O–H groups in total. The van der Waals surface area contributed by atoms with Crippen LogP contribution in [-0.4, -0.2) is 27.2 Å². The summed E-state index contributed by atoms with van der Waals surface area (Å²) in [4.78, 5) is 17.9. The lowest BCUT2D eigenvalue weighted by Crippen LogP contribution is -2.26. The monoisotopic (exact) mass is 425 g/mol. The molecule has 1 fully saturated rings. The van der Waals surface area contributed by atoms with E-state index in [9.17, 15) is 10.1 Å². The van der Waals surface area contributed by atoms with Gasteiger partial charge in [0, 0.05) is 12.4 Å². The smallest absolute Gasteiger partial charge is 0.317 e. The van der Waals surface area contributed by atoms with Crippen molar-refractivity contribution in [2.24, 2.45) is 7.05 Å². The van der Waals surface area contributed by atoms with E-state index in [1.54, 1.807) is 22.4 Å². The van der Waals surface area contributed by atoms with Gasteiger partial charge in [-0.25, -0.2) is 4.79 Å². The van der Waals surface area contributed by atoms with E-state index in [2.05, 4.69) is 34.6 Å². The van der Waals surface area contributed by atoms with Crippen LogP contribution in [0.3, 0.4) is 0 Å². The summed E-state index contributed by atoms with van der Waals surface area (Å²) in [6.07, 6.45) is 4.02. The third kappa shape index (κ3) is 3.21. The number of fused-ring (bicyclic) bond motifs is 3. The third-order valence-corrected chi connectivity index (χ3v) is 6.84. The highest BCUT2D eigenvalue weighted by molar-refractivity contribution is 6.03. The van der Waals surface area contributed by atoms with E-state index in [1.807, 2.05) is 38.1 Å². The first kappa shape index (κ1) is 20.5. The zero-order valence-electron chi connectivity index (χ0n) is 18.7. The quantitative estimate of drug-likeness (QED) is 0.535. The number of pyridine rings is 1. The van der Waals surface area contributed by atoms with Crippen LogP contribution < -0.4 is 11.0 Å². The molecule has 6 heteroatoms. The van der Waals surface area contributed by atoms with Gasteiger partial charge >= 0.3 is 5.69 Å². The predicted octanol–water partition coefficient (Wildman–Crippen LogP) is 4.15. The molecule has 0 spiro atoms. The summed E-state index contributed by atoms with van der Waals surface area (Å²) in [5.74, 6) is 0.521. The number of aryl methyl sites for hydroxylation is 1. The van der Waals surface area contributed by atoms with Gasteiger partial charge in [-0.05, 0) is 81.1 Å². The fourth-order valence-electron chi connectivity index (χ4n) is 4.76. The highest BCUT2D eigenvalue weighted by Crippen LogP contribution is 2.32. The van der Waals surface area contributed by atoms with Gasteiger partial charge in [-0.1, -0.05) is 18.2 Å². The van der Waals surface area contributed by atoms with Gasteiger partial charge in [-0.2, -0.15) is 5.26 Å². The first-order valence-electron chi connectivity index (χ1n) is 11.1. The molecule has 0 bridgehead atoms. The molecule has 0 saturated carbocycles. The standard InChI is InChI=1S/C26H27N5O/c1-26(2,16-27)19-5-7-20(8-6-19)31-24-21-14-18(17-10-12-28-13-11-17)4-9-22(21)29-15-23(24)30(3)25(31)32/h4-9,14-15,17,28H,10-13H2,1-3H3. The molecule has 0 amide bonds. The molecular weight excluding hydrogens is 398 g/mol. The van der Waals surface area contributed by atoms with Crippen molar-refractivity contribution in [2.75, 3.05) is 13.1 Å². The van der Waals surface area contributed by atoms with Crippen molar-refractivity contribution in [2.45, 2.75) is 38.0 Å². The van der Waals surface area contributed by atoms with Gasteiger partial charge in [0.2, 0.25) is 0 Å². The van der Waals surface area contributed by atoms with Crippen LogP contribution in [0.2, 0.25) is 0 Å². The van der Waals surface area contributed by atoms with Crippen molar-refractivity contribution >= 4 is 21.9 Å². The lowest BCUT2D eigenvalue weighted by Gasteiger charge is -2.23. The van der Waals surface area contributed by atoms with Crippen LogP contribution in [-0.2, 0) is 12.5 Å². The van der Waals surface area contributed by atoms with E-state index in [1.165, 1.54) is 5.56 Å². The van der Waals surface area contributed by atoms with Crippen molar-refractivity contribution in [3.05, 3.63) is 70.3 Å². The zero-order valence-corrected chi connectivity index (χ0v) is 18.7. The molecule has 1 saturated heterocycles. The fourth-order valence-corrected chi connectivity index (χ4v) is 4.76. The minimum absolute atomic E-state index is 0.103. The van der Waals surface area contributed by atoms with Gasteiger partial charge in [0.15, 0.2) is 0 Å². The second kappa shape index (κ2) is 7.61. The maximum absolute atomic E-state index is 13.3. The number of aromatic nitrogens is 3. The summed E-state index contributed by atoms with van der Waals surface area (Å²) >= 11 is 0. The van der Waals surface area contributed by atoms with Crippen LogP contribution in [0.1, 0.15) is 43.7 Å². The van der Waals surface area contributed by atoms with E-state index in [4.69, 9.17) is 0 Å². The lowest BCUT2D eigenvalue weighted by molar-refractivity contribution is 0.460. The van der Waals surface area contributed by atoms with Gasteiger partial charge < -0.3 is 5.32 Å². The Hall–Kier alpha value is -3.43. The number of hydrogen-bond acceptors (Lipinski definition) is 4. The molecule has 5 rings (SSSR count). The minimum Gasteiger partial charge on any atom is -0.317 e. The number of nitrogens with one attached hydrogen (secondary N) is 1. The Bertz CT molecular complexity index is 1410. The van der Waals surface area contributed by atoms with E-state index in [0.29, 0.717) is 5.92 Å². The highest BCUT2D eigenvalue weighted by atomic mass is 16.1. The van der Waals surface area contributed by atoms with E-state index >= 15 is 0 Å². The molecule has 0 radical (unpaired) electrons. The van der Waals surface area contributed by atoms with E-state index < -0.39 is 5.41 Å². The Kier molecular flexibility index (Phi) is 4.87. The first-order chi connectivity index (χ1) is 15.4. The van der Waals surface area contributed by atoms with Crippen molar-refractivity contribution in [3.63, 3.8) is 0 Å². The number of imidazole rings is 1. The molecule has 0 aliphatic carbocycles. The van der Waals surface area contributed by atoms with Crippen molar-refractivity contribution in [1.29, 1.82) is 5.26 Å². The molecule has 1 aliphatic heterocycles. The molecule has 0 atom stereocenters. The molecule has 3 heterocycles. The molecule has 0 unspecified atom stereocenters. The molecule has 1 aliphatic rings. The van der Waals surface area contributed by atoms with Crippen LogP contribution in [0.15, 0.2) is 53.5 Å². The topological polar surface area (TPSA) is 75.6 Å². The molecular formula is C26H27N5O. The van der Waals surface area contributed by atoms with Crippen molar-refractivity contribution in [3.8, 4) is 11.8 Å². The SMILES string of the molecule is Cn1c(=O)n(-c2ccc(C(C)(C)C#N)cc2)c2c3cc(C4CCNCC4)ccc3ncc21. The second-order valence-electron chi connectivity index (χ2n) is 9.25. The Morgan fingerprint density at radius 3 is 2.53 bits per heavy atom. The van der Waals surface area contributed by atoms with Gasteiger partial charge in [0.25, 0.3) is 0 Å². The second-order valence-corrected chi connectivity index (χ2v) is 9.25. The summed E-state index contributed by atoms with van der Waals surface area (Å²) < 4.78 is 3.43. The summed E-state index contributed by atoms with van der Waals surface area (Å²) in [6.45, 7) is 5.86. The van der Waals surface area contributed by atoms with Crippen LogP contribution in [0.25, 0.3) is 27.6 Å². The minimum atomic E-state index is -0.581. The van der Waals surface area contributed by atoms with Crippen molar-refractivity contribution in [1.82, 2.24) is 19.4 Å². The number of hydrogen-bond donors (Lipinski definition) is 1. The average Bonchev–Trinajstić information content (AvgIpc) is 3.09. The Morgan fingerprint density at radius 2 is 1.84 bits per heavy atom. The van der Waals surface area contributed by atoms with Crippen molar-refractivity contribution < 1.29 is 0 Å². The summed E-state index contributed by atoms with van der Waals surface area (Å²) in [5.41, 5.74) is 4.92. The van der Waals surface area contributed by atoms with Crippen LogP contribution >= 0.6 is 0 Å². The Balaban J connectivity index is 1.73. The predicted molar refractivity (Wildman–Crippen MR) is 127 cm³/mol. The van der Waals surface area contributed by atoms with Crippen LogP contribution in [0.5, 0.6) is 0 Å². The number of benzene rings is 2. The molecule has 2 aromatic carbocycles. The summed E-state index contributed by atoms with van der Waals surface area (Å²) in [6, 6.07) is 16.6. The third-order valence-electron chi connectivity index (χ3n) is 6.84. The molecule has 6 nitrogen and oxygen atoms in total. The Morgan fingerprint density at radius 1 is 1.12 bits per heavy atom. The van der Waals surface area contributed by atoms with Gasteiger partial charge in [-0.3, -0.25) is 14.1 Å². The molecule has 2 aromatic heterocycles. The molecule has 162 valence electrons. The van der Waals surface area contributed by atoms with Crippen LogP contribution in [0.4, 0.5) is 0 Å². The Labute approximate surface area is 187 Å². The normalized spacial score (nSPS) is 15.3. The number of rotatable bonds is 3. The first-order valence-corrected chi connectivity index (χ1v) is 11.1. The summed E-state index contributed by atoms with van der Waals surface area (Å²) in [7, 11) is 1.79. The summed E-state index contributed by atoms with van der Waals surface area (Å²) in [5, 5.41) is 13.9. The highest BCUT2D eigenvalue weighted by Gasteiger charge is 2.22. The van der Waals surface area contributed by atoms with Gasteiger partial charge in [0.05, 0.1) is 39.9 Å². The van der Waals surface area contributed by atoms with Gasteiger partial charge in [0.1, 0.15) is 0 Å². The number of nitrogens with zero attached hydrogens (tertiary/aromatic N) is 4. The lowest BCUT2D eigenvalue weighted by atomic mass is 9.86. The van der Waals surface area contributed by atoms with Crippen LogP contribution in [0, 0.1) is 11.3 Å². The maximum Gasteiger partial charge on any atom is 0.333 e. The zero-order chi connectivity index (χ0) is 22.5. The van der Waals surface area contributed by atoms with E-state index in [-0.39, 0.29) is 5.69 Å². The maximum atomic E-state index is 13.3. The largest absolute Gasteiger partial charge is 0.333 e. The van der Waals surface area contributed by atoms with E-state index in [0.717, 1.165) is 59.1 Å². The number of nitriles is 1.